The van der Waals surface area contributed by atoms with E-state index in [1.807, 2.05) is 43.0 Å². The number of aromatic nitrogens is 1. The third-order valence-corrected chi connectivity index (χ3v) is 4.85. The summed E-state index contributed by atoms with van der Waals surface area (Å²) in [6.07, 6.45) is 0. The molecule has 27 heavy (non-hydrogen) atoms. The lowest BCUT2D eigenvalue weighted by molar-refractivity contribution is -0.122. The van der Waals surface area contributed by atoms with E-state index < -0.39 is 0 Å². The van der Waals surface area contributed by atoms with Crippen LogP contribution in [0.2, 0.25) is 0 Å². The highest BCUT2D eigenvalue weighted by Gasteiger charge is 2.24. The molecule has 0 saturated carbocycles. The van der Waals surface area contributed by atoms with Crippen molar-refractivity contribution >= 4 is 22.7 Å². The van der Waals surface area contributed by atoms with Gasteiger partial charge in [0.2, 0.25) is 5.91 Å². The number of rotatable bonds is 5. The van der Waals surface area contributed by atoms with E-state index in [1.54, 1.807) is 7.11 Å². The van der Waals surface area contributed by atoms with Crippen LogP contribution in [0.15, 0.2) is 24.3 Å². The summed E-state index contributed by atoms with van der Waals surface area (Å²) >= 11 is 0. The van der Waals surface area contributed by atoms with E-state index in [0.717, 1.165) is 16.7 Å². The van der Waals surface area contributed by atoms with Crippen molar-refractivity contribution in [2.24, 2.45) is 0 Å². The molecule has 0 bridgehead atoms. The smallest absolute Gasteiger partial charge is 0.255 e. The zero-order chi connectivity index (χ0) is 19.4. The van der Waals surface area contributed by atoms with Crippen LogP contribution in [0.25, 0.3) is 10.9 Å². The number of methoxy groups -OCH3 is 1. The molecule has 1 aliphatic heterocycles. The number of benzene rings is 1. The molecule has 1 aliphatic rings. The van der Waals surface area contributed by atoms with Gasteiger partial charge < -0.3 is 15.0 Å². The molecule has 7 heteroatoms. The highest BCUT2D eigenvalue weighted by Crippen LogP contribution is 2.22. The molecule has 1 fully saturated rings. The number of ether oxygens (including phenoxy) is 1. The Morgan fingerprint density at radius 3 is 2.59 bits per heavy atom. The van der Waals surface area contributed by atoms with E-state index in [-0.39, 0.29) is 11.8 Å². The largest absolute Gasteiger partial charge is 0.497 e. The van der Waals surface area contributed by atoms with Crippen molar-refractivity contribution in [1.29, 1.82) is 0 Å². The molecule has 2 heterocycles. The number of pyridine rings is 1. The van der Waals surface area contributed by atoms with Gasteiger partial charge >= 0.3 is 0 Å². The van der Waals surface area contributed by atoms with Crippen LogP contribution < -0.4 is 10.1 Å². The summed E-state index contributed by atoms with van der Waals surface area (Å²) in [5, 5.41) is 3.72. The minimum absolute atomic E-state index is 0.00428. The zero-order valence-electron chi connectivity index (χ0n) is 16.1. The first-order valence-electron chi connectivity index (χ1n) is 9.25. The predicted molar refractivity (Wildman–Crippen MR) is 104 cm³/mol. The second-order valence-electron chi connectivity index (χ2n) is 6.70. The van der Waals surface area contributed by atoms with Gasteiger partial charge in [-0.2, -0.15) is 0 Å². The van der Waals surface area contributed by atoms with Gasteiger partial charge in [-0.3, -0.25) is 19.5 Å². The van der Waals surface area contributed by atoms with Gasteiger partial charge in [0.25, 0.3) is 5.91 Å². The Hall–Kier alpha value is -2.67. The Balaban J connectivity index is 1.69. The van der Waals surface area contributed by atoms with E-state index in [0.29, 0.717) is 50.5 Å². The molecule has 1 aromatic heterocycles. The molecule has 2 amide bonds. The number of aryl methyl sites for hydroxylation is 1. The lowest BCUT2D eigenvalue weighted by Gasteiger charge is -2.34. The van der Waals surface area contributed by atoms with Crippen LogP contribution in [0.4, 0.5) is 0 Å². The summed E-state index contributed by atoms with van der Waals surface area (Å²) in [6, 6.07) is 7.56. The summed E-state index contributed by atoms with van der Waals surface area (Å²) in [6.45, 7) is 7.39. The number of carbonyl (C=O) groups is 2. The Labute approximate surface area is 159 Å². The molecular weight excluding hydrogens is 344 g/mol. The summed E-state index contributed by atoms with van der Waals surface area (Å²) in [4.78, 5) is 33.2. The van der Waals surface area contributed by atoms with Crippen molar-refractivity contribution in [2.75, 3.05) is 46.4 Å². The molecule has 7 nitrogen and oxygen atoms in total. The van der Waals surface area contributed by atoms with Crippen molar-refractivity contribution in [1.82, 2.24) is 20.1 Å². The van der Waals surface area contributed by atoms with E-state index in [4.69, 9.17) is 4.74 Å². The number of hydrogen-bond acceptors (Lipinski definition) is 5. The molecule has 3 rings (SSSR count). The van der Waals surface area contributed by atoms with Crippen molar-refractivity contribution in [3.05, 3.63) is 35.5 Å². The monoisotopic (exact) mass is 370 g/mol. The highest BCUT2D eigenvalue weighted by atomic mass is 16.5. The summed E-state index contributed by atoms with van der Waals surface area (Å²) in [5.74, 6) is 0.773. The molecule has 1 aromatic carbocycles. The van der Waals surface area contributed by atoms with Gasteiger partial charge in [0, 0.05) is 44.2 Å². The molecule has 0 radical (unpaired) electrons. The average molecular weight is 370 g/mol. The minimum atomic E-state index is -0.00428. The quantitative estimate of drug-likeness (QED) is 0.862. The number of fused-ring (bicyclic) bond motifs is 1. The number of nitrogens with one attached hydrogen (secondary N) is 1. The Morgan fingerprint density at radius 1 is 1.19 bits per heavy atom. The van der Waals surface area contributed by atoms with Crippen LogP contribution in [-0.2, 0) is 4.79 Å². The number of piperazine rings is 1. The lowest BCUT2D eigenvalue weighted by atomic mass is 10.1. The zero-order valence-corrected chi connectivity index (χ0v) is 16.1. The Kier molecular flexibility index (Phi) is 5.91. The number of likely N-dealkylation sites (N-methyl/N-ethyl adjacent to an activating group) is 1. The predicted octanol–water partition coefficient (Wildman–Crippen LogP) is 1.45. The van der Waals surface area contributed by atoms with Crippen LogP contribution in [0, 0.1) is 6.92 Å². The Bertz CT molecular complexity index is 844. The summed E-state index contributed by atoms with van der Waals surface area (Å²) < 4.78 is 5.24. The molecule has 0 unspecified atom stereocenters. The van der Waals surface area contributed by atoms with Gasteiger partial charge in [0.15, 0.2) is 0 Å². The van der Waals surface area contributed by atoms with Crippen molar-refractivity contribution < 1.29 is 14.3 Å². The lowest BCUT2D eigenvalue weighted by Crippen LogP contribution is -2.51. The number of hydrogen-bond donors (Lipinski definition) is 1. The standard InChI is InChI=1S/C20H26N4O3/c1-4-21-19(25)13-23-7-9-24(10-8-23)20(26)17-11-15-5-6-16(27-3)12-18(15)22-14(17)2/h5-6,11-12H,4,7-10,13H2,1-3H3,(H,21,25). The third-order valence-electron chi connectivity index (χ3n) is 4.85. The van der Waals surface area contributed by atoms with Gasteiger partial charge in [0.05, 0.1) is 30.4 Å². The molecule has 1 saturated heterocycles. The maximum Gasteiger partial charge on any atom is 0.255 e. The van der Waals surface area contributed by atoms with Crippen LogP contribution in [0.3, 0.4) is 0 Å². The van der Waals surface area contributed by atoms with Crippen LogP contribution in [0.1, 0.15) is 23.0 Å². The van der Waals surface area contributed by atoms with Gasteiger partial charge in [-0.15, -0.1) is 0 Å². The topological polar surface area (TPSA) is 74.8 Å². The molecule has 1 N–H and O–H groups in total. The van der Waals surface area contributed by atoms with Crippen molar-refractivity contribution in [2.45, 2.75) is 13.8 Å². The first-order chi connectivity index (χ1) is 13.0. The molecule has 0 aliphatic carbocycles. The average Bonchev–Trinajstić information content (AvgIpc) is 2.67. The van der Waals surface area contributed by atoms with Crippen LogP contribution >= 0.6 is 0 Å². The van der Waals surface area contributed by atoms with E-state index >= 15 is 0 Å². The summed E-state index contributed by atoms with van der Waals surface area (Å²) in [7, 11) is 1.62. The van der Waals surface area contributed by atoms with Gasteiger partial charge in [-0.05, 0) is 32.0 Å². The first-order valence-corrected chi connectivity index (χ1v) is 9.25. The summed E-state index contributed by atoms with van der Waals surface area (Å²) in [5.41, 5.74) is 2.16. The van der Waals surface area contributed by atoms with Crippen LogP contribution in [0.5, 0.6) is 5.75 Å². The minimum Gasteiger partial charge on any atom is -0.497 e. The van der Waals surface area contributed by atoms with Crippen molar-refractivity contribution in [3.8, 4) is 5.75 Å². The maximum atomic E-state index is 13.0. The molecule has 2 aromatic rings. The van der Waals surface area contributed by atoms with Crippen LogP contribution in [-0.4, -0.2) is 73.0 Å². The third kappa shape index (κ3) is 4.36. The number of carbonyl (C=O) groups excluding carboxylic acids is 2. The molecule has 0 atom stereocenters. The second kappa shape index (κ2) is 8.35. The Morgan fingerprint density at radius 2 is 1.93 bits per heavy atom. The fourth-order valence-corrected chi connectivity index (χ4v) is 3.32. The van der Waals surface area contributed by atoms with E-state index in [1.165, 1.54) is 0 Å². The SMILES string of the molecule is CCNC(=O)CN1CCN(C(=O)c2cc3ccc(OC)cc3nc2C)CC1. The fourth-order valence-electron chi connectivity index (χ4n) is 3.32. The fraction of sp³-hybridized carbons (Fsp3) is 0.450. The van der Waals surface area contributed by atoms with Gasteiger partial charge in [-0.1, -0.05) is 0 Å². The second-order valence-corrected chi connectivity index (χ2v) is 6.70. The maximum absolute atomic E-state index is 13.0. The normalized spacial score (nSPS) is 15.0. The van der Waals surface area contributed by atoms with Gasteiger partial charge in [-0.25, -0.2) is 0 Å². The van der Waals surface area contributed by atoms with E-state index in [9.17, 15) is 9.59 Å². The number of nitrogens with zero attached hydrogens (tertiary/aromatic N) is 3. The van der Waals surface area contributed by atoms with Crippen molar-refractivity contribution in [3.63, 3.8) is 0 Å². The molecular formula is C20H26N4O3. The number of amides is 2. The van der Waals surface area contributed by atoms with E-state index in [2.05, 4.69) is 15.2 Å². The van der Waals surface area contributed by atoms with Gasteiger partial charge in [0.1, 0.15) is 5.75 Å². The highest BCUT2D eigenvalue weighted by molar-refractivity contribution is 5.98. The first kappa shape index (κ1) is 19.1. The molecule has 144 valence electrons. The molecule has 0 spiro atoms.